The molecule has 2 rings (SSSR count). The van der Waals surface area contributed by atoms with Crippen LogP contribution in [0, 0.1) is 6.92 Å². The van der Waals surface area contributed by atoms with Crippen LogP contribution in [0.1, 0.15) is 39.0 Å². The minimum absolute atomic E-state index is 0.0154. The van der Waals surface area contributed by atoms with E-state index in [0.29, 0.717) is 12.3 Å². The second kappa shape index (κ2) is 8.67. The first-order valence-electron chi connectivity index (χ1n) is 8.19. The van der Waals surface area contributed by atoms with Crippen LogP contribution in [0.4, 0.5) is 0 Å². The van der Waals surface area contributed by atoms with E-state index in [1.807, 2.05) is 18.2 Å². The Hall–Kier alpha value is -2.34. The fraction of sp³-hybridized carbons (Fsp3) is 0.368. The third-order valence-electron chi connectivity index (χ3n) is 3.80. The molecule has 0 aliphatic rings. The molecule has 1 aromatic carbocycles. The fourth-order valence-corrected chi connectivity index (χ4v) is 3.58. The summed E-state index contributed by atoms with van der Waals surface area (Å²) in [7, 11) is 1.78. The Kier molecular flexibility index (Phi) is 6.58. The number of hydrogen-bond donors (Lipinski definition) is 1. The molecular formula is C19H23NO4S. The maximum Gasteiger partial charge on any atom is 0.341 e. The minimum Gasteiger partial charge on any atom is -0.482 e. The van der Waals surface area contributed by atoms with Gasteiger partial charge in [-0.25, -0.2) is 4.79 Å². The summed E-state index contributed by atoms with van der Waals surface area (Å²) in [6, 6.07) is 9.11. The average molecular weight is 361 g/mol. The number of carboxylic acid groups (broad SMARTS) is 1. The first-order valence-corrected chi connectivity index (χ1v) is 9.00. The van der Waals surface area contributed by atoms with Crippen LogP contribution in [0.15, 0.2) is 30.3 Å². The Labute approximate surface area is 151 Å². The predicted octanol–water partition coefficient (Wildman–Crippen LogP) is 3.74. The molecule has 6 heteroatoms. The Morgan fingerprint density at radius 3 is 2.52 bits per heavy atom. The Morgan fingerprint density at radius 1 is 1.24 bits per heavy atom. The number of benzene rings is 1. The molecule has 0 unspecified atom stereocenters. The van der Waals surface area contributed by atoms with Crippen LogP contribution in [0.25, 0.3) is 0 Å². The number of aryl methyl sites for hydroxylation is 2. The average Bonchev–Trinajstić information content (AvgIpc) is 2.94. The molecule has 0 atom stereocenters. The summed E-state index contributed by atoms with van der Waals surface area (Å²) in [4.78, 5) is 26.8. The Bertz CT molecular complexity index is 736. The van der Waals surface area contributed by atoms with Crippen LogP contribution in [-0.4, -0.2) is 35.5 Å². The van der Waals surface area contributed by atoms with Crippen molar-refractivity contribution in [1.82, 2.24) is 4.90 Å². The van der Waals surface area contributed by atoms with E-state index in [-0.39, 0.29) is 12.5 Å². The van der Waals surface area contributed by atoms with E-state index < -0.39 is 5.97 Å². The van der Waals surface area contributed by atoms with Gasteiger partial charge in [0.2, 0.25) is 0 Å². The first-order chi connectivity index (χ1) is 11.9. The van der Waals surface area contributed by atoms with Crippen molar-refractivity contribution in [3.8, 4) is 5.75 Å². The number of carbonyl (C=O) groups excluding carboxylic acids is 1. The Balaban J connectivity index is 1.98. The van der Waals surface area contributed by atoms with Gasteiger partial charge in [0, 0.05) is 18.5 Å². The van der Waals surface area contributed by atoms with Gasteiger partial charge in [-0.3, -0.25) is 4.79 Å². The highest BCUT2D eigenvalue weighted by Gasteiger charge is 2.16. The van der Waals surface area contributed by atoms with Crippen molar-refractivity contribution in [3.05, 3.63) is 51.2 Å². The minimum atomic E-state index is -1.01. The van der Waals surface area contributed by atoms with Gasteiger partial charge in [-0.1, -0.05) is 25.5 Å². The molecule has 1 heterocycles. The van der Waals surface area contributed by atoms with E-state index in [9.17, 15) is 9.59 Å². The summed E-state index contributed by atoms with van der Waals surface area (Å²) < 4.78 is 5.10. The zero-order chi connectivity index (χ0) is 18.4. The number of carboxylic acids is 1. The van der Waals surface area contributed by atoms with E-state index in [2.05, 4.69) is 13.8 Å². The Morgan fingerprint density at radius 2 is 1.92 bits per heavy atom. The van der Waals surface area contributed by atoms with Gasteiger partial charge in [0.15, 0.2) is 6.61 Å². The number of thiophene rings is 1. The van der Waals surface area contributed by atoms with Crippen LogP contribution in [-0.2, 0) is 17.8 Å². The standard InChI is InChI=1S/C19H23NO4S/c1-4-5-15-10-17(25-13(15)2)19(23)20(3)11-14-6-8-16(9-7-14)24-12-18(21)22/h6-10H,4-5,11-12H2,1-3H3,(H,21,22). The molecule has 0 aliphatic carbocycles. The van der Waals surface area contributed by atoms with Gasteiger partial charge in [0.05, 0.1) is 4.88 Å². The predicted molar refractivity (Wildman–Crippen MR) is 98.4 cm³/mol. The van der Waals surface area contributed by atoms with Crippen molar-refractivity contribution in [2.45, 2.75) is 33.2 Å². The third-order valence-corrected chi connectivity index (χ3v) is 4.88. The molecule has 0 aliphatic heterocycles. The fourth-order valence-electron chi connectivity index (χ4n) is 2.51. The maximum absolute atomic E-state index is 12.6. The molecule has 0 fully saturated rings. The van der Waals surface area contributed by atoms with E-state index >= 15 is 0 Å². The van der Waals surface area contributed by atoms with Gasteiger partial charge in [-0.15, -0.1) is 11.3 Å². The lowest BCUT2D eigenvalue weighted by Gasteiger charge is -2.16. The normalized spacial score (nSPS) is 10.5. The molecule has 0 saturated heterocycles. The summed E-state index contributed by atoms with van der Waals surface area (Å²) in [6.07, 6.45) is 2.06. The van der Waals surface area contributed by atoms with Crippen molar-refractivity contribution in [2.75, 3.05) is 13.7 Å². The van der Waals surface area contributed by atoms with Crippen molar-refractivity contribution in [3.63, 3.8) is 0 Å². The lowest BCUT2D eigenvalue weighted by molar-refractivity contribution is -0.139. The van der Waals surface area contributed by atoms with Gasteiger partial charge < -0.3 is 14.7 Å². The number of rotatable bonds is 8. The molecule has 0 bridgehead atoms. The second-order valence-corrected chi connectivity index (χ2v) is 7.19. The molecule has 0 spiro atoms. The van der Waals surface area contributed by atoms with Crippen molar-refractivity contribution in [2.24, 2.45) is 0 Å². The second-order valence-electron chi connectivity index (χ2n) is 5.93. The summed E-state index contributed by atoms with van der Waals surface area (Å²) in [5.41, 5.74) is 2.21. The molecule has 1 N–H and O–H groups in total. The third kappa shape index (κ3) is 5.32. The molecule has 0 saturated carbocycles. The van der Waals surface area contributed by atoms with Crippen LogP contribution >= 0.6 is 11.3 Å². The van der Waals surface area contributed by atoms with Gasteiger partial charge in [0.1, 0.15) is 5.75 Å². The molecule has 0 radical (unpaired) electrons. The van der Waals surface area contributed by atoms with Crippen LogP contribution < -0.4 is 4.74 Å². The number of nitrogens with zero attached hydrogens (tertiary/aromatic N) is 1. The molecule has 134 valence electrons. The maximum atomic E-state index is 12.6. The van der Waals surface area contributed by atoms with Gasteiger partial charge >= 0.3 is 5.97 Å². The van der Waals surface area contributed by atoms with E-state index in [1.54, 1.807) is 35.4 Å². The van der Waals surface area contributed by atoms with Crippen molar-refractivity contribution < 1.29 is 19.4 Å². The highest BCUT2D eigenvalue weighted by atomic mass is 32.1. The SMILES string of the molecule is CCCc1cc(C(=O)N(C)Cc2ccc(OCC(=O)O)cc2)sc1C. The molecule has 25 heavy (non-hydrogen) atoms. The topological polar surface area (TPSA) is 66.8 Å². The molecule has 1 amide bonds. The summed E-state index contributed by atoms with van der Waals surface area (Å²) in [5, 5.41) is 8.60. The van der Waals surface area contributed by atoms with Gasteiger partial charge in [-0.05, 0) is 42.7 Å². The number of carbonyl (C=O) groups is 2. The summed E-state index contributed by atoms with van der Waals surface area (Å²) in [6.45, 7) is 4.31. The quantitative estimate of drug-likeness (QED) is 0.778. The van der Waals surface area contributed by atoms with Crippen molar-refractivity contribution in [1.29, 1.82) is 0 Å². The van der Waals surface area contributed by atoms with Crippen LogP contribution in [0.5, 0.6) is 5.75 Å². The highest BCUT2D eigenvalue weighted by Crippen LogP contribution is 2.24. The first kappa shape index (κ1) is 19.0. The molecule has 5 nitrogen and oxygen atoms in total. The van der Waals surface area contributed by atoms with Crippen LogP contribution in [0.2, 0.25) is 0 Å². The summed E-state index contributed by atoms with van der Waals surface area (Å²) >= 11 is 1.55. The van der Waals surface area contributed by atoms with Crippen molar-refractivity contribution >= 4 is 23.2 Å². The molecule has 1 aromatic heterocycles. The largest absolute Gasteiger partial charge is 0.482 e. The lowest BCUT2D eigenvalue weighted by atomic mass is 10.1. The van der Waals surface area contributed by atoms with Gasteiger partial charge in [-0.2, -0.15) is 0 Å². The lowest BCUT2D eigenvalue weighted by Crippen LogP contribution is -2.25. The molecular weight excluding hydrogens is 338 g/mol. The van der Waals surface area contributed by atoms with E-state index in [4.69, 9.17) is 9.84 Å². The monoisotopic (exact) mass is 361 g/mol. The van der Waals surface area contributed by atoms with Gasteiger partial charge in [0.25, 0.3) is 5.91 Å². The zero-order valence-electron chi connectivity index (χ0n) is 14.7. The van der Waals surface area contributed by atoms with Crippen LogP contribution in [0.3, 0.4) is 0 Å². The number of hydrogen-bond acceptors (Lipinski definition) is 4. The van der Waals surface area contributed by atoms with E-state index in [1.165, 1.54) is 10.4 Å². The molecule has 2 aromatic rings. The smallest absolute Gasteiger partial charge is 0.341 e. The zero-order valence-corrected chi connectivity index (χ0v) is 15.6. The highest BCUT2D eigenvalue weighted by molar-refractivity contribution is 7.14. The number of ether oxygens (including phenoxy) is 1. The summed E-state index contributed by atoms with van der Waals surface area (Å²) in [5.74, 6) is -0.497. The van der Waals surface area contributed by atoms with E-state index in [0.717, 1.165) is 23.3 Å². The number of amides is 1. The number of aliphatic carboxylic acids is 1.